The lowest BCUT2D eigenvalue weighted by atomic mass is 9.91. The molecule has 4 aromatic heterocycles. The number of allylic oxidation sites excluding steroid dienone is 2. The molecule has 268 valence electrons. The smallest absolute Gasteiger partial charge is 0.160 e. The van der Waals surface area contributed by atoms with Crippen LogP contribution in [0.25, 0.3) is 109 Å². The van der Waals surface area contributed by atoms with E-state index in [9.17, 15) is 0 Å². The van der Waals surface area contributed by atoms with Crippen LogP contribution in [-0.2, 0) is 0 Å². The number of nitrogens with zero attached hydrogens (tertiary/aromatic N) is 3. The number of rotatable bonds is 7. The van der Waals surface area contributed by atoms with Crippen molar-refractivity contribution < 1.29 is 0 Å². The number of benzene rings is 7. The van der Waals surface area contributed by atoms with Crippen LogP contribution in [0.3, 0.4) is 0 Å². The van der Waals surface area contributed by atoms with Gasteiger partial charge in [-0.1, -0.05) is 158 Å². The van der Waals surface area contributed by atoms with E-state index in [-0.39, 0.29) is 0 Å². The van der Waals surface area contributed by atoms with Crippen LogP contribution < -0.4 is 0 Å². The Labute approximate surface area is 337 Å². The first-order chi connectivity index (χ1) is 28.2. The van der Waals surface area contributed by atoms with E-state index in [1.54, 1.807) is 17.4 Å². The fourth-order valence-corrected chi connectivity index (χ4v) is 10.5. The third-order valence-electron chi connectivity index (χ3n) is 10.8. The molecule has 0 unspecified atom stereocenters. The van der Waals surface area contributed by atoms with E-state index in [1.165, 1.54) is 42.0 Å². The summed E-state index contributed by atoms with van der Waals surface area (Å²) in [4.78, 5) is 10.6. The average molecular weight is 764 g/mol. The number of hydrogen-bond acceptors (Lipinski definition) is 4. The van der Waals surface area contributed by atoms with Crippen molar-refractivity contribution in [3.63, 3.8) is 0 Å². The van der Waals surface area contributed by atoms with Gasteiger partial charge in [0.25, 0.3) is 0 Å². The second kappa shape index (κ2) is 13.7. The summed E-state index contributed by atoms with van der Waals surface area (Å²) in [7, 11) is 0. The summed E-state index contributed by atoms with van der Waals surface area (Å²) in [5.41, 5.74) is 12.9. The maximum absolute atomic E-state index is 5.40. The van der Waals surface area contributed by atoms with Crippen LogP contribution in [0, 0.1) is 0 Å². The maximum atomic E-state index is 5.40. The lowest BCUT2D eigenvalue weighted by Gasteiger charge is -2.21. The van der Waals surface area contributed by atoms with Gasteiger partial charge in [0.05, 0.1) is 32.6 Å². The van der Waals surface area contributed by atoms with Gasteiger partial charge in [0.15, 0.2) is 5.82 Å². The zero-order valence-electron chi connectivity index (χ0n) is 30.8. The molecule has 0 bridgehead atoms. The van der Waals surface area contributed by atoms with Crippen LogP contribution in [0.15, 0.2) is 188 Å². The molecular formula is C52H33N3S2. The molecule has 0 radical (unpaired) electrons. The highest BCUT2D eigenvalue weighted by molar-refractivity contribution is 7.26. The monoisotopic (exact) mass is 763 g/mol. The van der Waals surface area contributed by atoms with Crippen LogP contribution in [-0.4, -0.2) is 14.5 Å². The zero-order chi connectivity index (χ0) is 37.9. The molecule has 57 heavy (non-hydrogen) atoms. The fourth-order valence-electron chi connectivity index (χ4n) is 8.30. The Balaban J connectivity index is 1.28. The Morgan fingerprint density at radius 3 is 1.88 bits per heavy atom. The highest BCUT2D eigenvalue weighted by atomic mass is 32.1. The lowest BCUT2D eigenvalue weighted by molar-refractivity contribution is 1.18. The molecule has 7 aromatic carbocycles. The average Bonchev–Trinajstić information content (AvgIpc) is 3.97. The van der Waals surface area contributed by atoms with E-state index < -0.39 is 0 Å². The lowest BCUT2D eigenvalue weighted by Crippen LogP contribution is -2.02. The first-order valence-electron chi connectivity index (χ1n) is 19.0. The van der Waals surface area contributed by atoms with Crippen LogP contribution in [0.2, 0.25) is 0 Å². The minimum atomic E-state index is 0.700. The molecule has 0 saturated heterocycles. The fraction of sp³-hybridized carbons (Fsp3) is 0. The number of thiophene rings is 2. The van der Waals surface area contributed by atoms with Gasteiger partial charge in [-0.15, -0.1) is 22.7 Å². The summed E-state index contributed by atoms with van der Waals surface area (Å²) >= 11 is 3.57. The van der Waals surface area contributed by atoms with Gasteiger partial charge < -0.3 is 4.57 Å². The van der Waals surface area contributed by atoms with Crippen molar-refractivity contribution in [1.29, 1.82) is 0 Å². The third-order valence-corrected chi connectivity index (χ3v) is 13.0. The van der Waals surface area contributed by atoms with Gasteiger partial charge >= 0.3 is 0 Å². The van der Waals surface area contributed by atoms with Gasteiger partial charge in [-0.3, -0.25) is 0 Å². The summed E-state index contributed by atoms with van der Waals surface area (Å²) < 4.78 is 6.18. The SMILES string of the molecule is C=C/C=C\c1csc2c(-c3cc(-c4ccccc4)c(-n4c5ccccc5c5c6sc7ccccc7c6ccc54)c(-c4ccccc4)c3)nc(-c3ccccc3)nc12. The molecular weight excluding hydrogens is 731 g/mol. The van der Waals surface area contributed by atoms with E-state index in [0.29, 0.717) is 5.82 Å². The van der Waals surface area contributed by atoms with Crippen LogP contribution in [0.4, 0.5) is 0 Å². The molecule has 0 N–H and O–H groups in total. The summed E-state index contributed by atoms with van der Waals surface area (Å²) in [6, 6.07) is 58.9. The standard InChI is InChI=1S/C52H33N3S2/c1-2-3-17-36-32-56-51-47(36)53-52(35-22-11-6-12-23-35)54-48(51)37-30-41(33-18-7-4-8-19-33)49(42(31-37)34-20-9-5-10-21-34)55-43-26-15-13-25-40(43)46-44(55)29-28-39-38-24-14-16-27-45(38)57-50(39)46/h2-32H,1H2/b17-3-. The van der Waals surface area contributed by atoms with Gasteiger partial charge in [-0.2, -0.15) is 0 Å². The van der Waals surface area contributed by atoms with Crippen molar-refractivity contribution in [3.8, 4) is 50.6 Å². The topological polar surface area (TPSA) is 30.7 Å². The zero-order valence-corrected chi connectivity index (χ0v) is 32.4. The molecule has 0 saturated carbocycles. The molecule has 0 amide bonds. The summed E-state index contributed by atoms with van der Waals surface area (Å²) in [5.74, 6) is 0.700. The predicted octanol–water partition coefficient (Wildman–Crippen LogP) is 15.0. The third kappa shape index (κ3) is 5.47. The Bertz CT molecular complexity index is 3290. The maximum Gasteiger partial charge on any atom is 0.160 e. The van der Waals surface area contributed by atoms with Crippen molar-refractivity contribution >= 4 is 80.9 Å². The molecule has 0 aliphatic heterocycles. The Morgan fingerprint density at radius 2 is 1.18 bits per heavy atom. The molecule has 11 rings (SSSR count). The molecule has 0 fully saturated rings. The molecule has 0 aliphatic carbocycles. The Morgan fingerprint density at radius 1 is 0.544 bits per heavy atom. The molecule has 0 aliphatic rings. The molecule has 11 aromatic rings. The van der Waals surface area contributed by atoms with Crippen molar-refractivity contribution in [2.45, 2.75) is 0 Å². The van der Waals surface area contributed by atoms with E-state index in [2.05, 4.69) is 168 Å². The van der Waals surface area contributed by atoms with E-state index in [1.807, 2.05) is 35.6 Å². The minimum Gasteiger partial charge on any atom is -0.308 e. The van der Waals surface area contributed by atoms with Gasteiger partial charge in [0.2, 0.25) is 0 Å². The van der Waals surface area contributed by atoms with Crippen LogP contribution in [0.1, 0.15) is 5.56 Å². The summed E-state index contributed by atoms with van der Waals surface area (Å²) in [5, 5.41) is 7.31. The second-order valence-electron chi connectivity index (χ2n) is 14.2. The van der Waals surface area contributed by atoms with Crippen molar-refractivity contribution in [2.24, 2.45) is 0 Å². The van der Waals surface area contributed by atoms with Crippen molar-refractivity contribution in [1.82, 2.24) is 14.5 Å². The van der Waals surface area contributed by atoms with Crippen LogP contribution in [0.5, 0.6) is 0 Å². The Kier molecular flexibility index (Phi) is 8.02. The highest BCUT2D eigenvalue weighted by Gasteiger charge is 2.25. The summed E-state index contributed by atoms with van der Waals surface area (Å²) in [6.45, 7) is 3.92. The van der Waals surface area contributed by atoms with Gasteiger partial charge in [-0.05, 0) is 41.5 Å². The molecule has 0 spiro atoms. The first kappa shape index (κ1) is 33.4. The predicted molar refractivity (Wildman–Crippen MR) is 246 cm³/mol. The molecule has 5 heteroatoms. The van der Waals surface area contributed by atoms with Crippen LogP contribution >= 0.6 is 22.7 Å². The van der Waals surface area contributed by atoms with Gasteiger partial charge in [0.1, 0.15) is 0 Å². The minimum absolute atomic E-state index is 0.700. The van der Waals surface area contributed by atoms with E-state index in [0.717, 1.165) is 60.5 Å². The molecule has 3 nitrogen and oxygen atoms in total. The largest absolute Gasteiger partial charge is 0.308 e. The molecule has 0 atom stereocenters. The quantitative estimate of drug-likeness (QED) is 0.151. The van der Waals surface area contributed by atoms with Crippen molar-refractivity contribution in [3.05, 3.63) is 193 Å². The van der Waals surface area contributed by atoms with Gasteiger partial charge in [-0.25, -0.2) is 9.97 Å². The van der Waals surface area contributed by atoms with Gasteiger partial charge in [0, 0.05) is 64.1 Å². The van der Waals surface area contributed by atoms with E-state index >= 15 is 0 Å². The normalized spacial score (nSPS) is 11.9. The second-order valence-corrected chi connectivity index (χ2v) is 16.1. The van der Waals surface area contributed by atoms with E-state index in [4.69, 9.17) is 9.97 Å². The molecule has 4 heterocycles. The number of fused-ring (bicyclic) bond motifs is 8. The first-order valence-corrected chi connectivity index (χ1v) is 20.7. The number of para-hydroxylation sites is 1. The number of aromatic nitrogens is 3. The van der Waals surface area contributed by atoms with Crippen molar-refractivity contribution in [2.75, 3.05) is 0 Å². The number of hydrogen-bond donors (Lipinski definition) is 0. The Hall–Kier alpha value is -6.92. The summed E-state index contributed by atoms with van der Waals surface area (Å²) in [6.07, 6.45) is 5.86. The highest BCUT2D eigenvalue weighted by Crippen LogP contribution is 2.48.